The van der Waals surface area contributed by atoms with Crippen LogP contribution in [0.2, 0.25) is 0 Å². The third-order valence-corrected chi connectivity index (χ3v) is 5.86. The Kier molecular flexibility index (Phi) is 5.31. The lowest BCUT2D eigenvalue weighted by Crippen LogP contribution is -2.33. The second-order valence-electron chi connectivity index (χ2n) is 8.13. The second kappa shape index (κ2) is 8.24. The molecule has 0 radical (unpaired) electrons. The fourth-order valence-electron chi connectivity index (χ4n) is 4.20. The first kappa shape index (κ1) is 19.3. The van der Waals surface area contributed by atoms with Crippen molar-refractivity contribution in [1.29, 1.82) is 0 Å². The third kappa shape index (κ3) is 4.13. The van der Waals surface area contributed by atoms with Crippen LogP contribution in [0.4, 0.5) is 0 Å². The van der Waals surface area contributed by atoms with E-state index in [1.807, 2.05) is 36.1 Å². The van der Waals surface area contributed by atoms with E-state index in [1.54, 1.807) is 6.20 Å². The zero-order valence-electron chi connectivity index (χ0n) is 17.1. The van der Waals surface area contributed by atoms with Crippen LogP contribution < -0.4 is 9.47 Å². The molecule has 7 heteroatoms. The molecule has 3 aliphatic rings. The predicted molar refractivity (Wildman–Crippen MR) is 109 cm³/mol. The van der Waals surface area contributed by atoms with Gasteiger partial charge in [-0.3, -0.25) is 9.78 Å². The Hall–Kier alpha value is -2.64. The van der Waals surface area contributed by atoms with Crippen molar-refractivity contribution in [2.75, 3.05) is 32.9 Å². The summed E-state index contributed by atoms with van der Waals surface area (Å²) in [7, 11) is 0. The summed E-state index contributed by atoms with van der Waals surface area (Å²) in [6.45, 7) is 4.63. The highest BCUT2D eigenvalue weighted by Crippen LogP contribution is 2.27. The number of benzene rings is 1. The van der Waals surface area contributed by atoms with E-state index in [2.05, 4.69) is 11.1 Å². The van der Waals surface area contributed by atoms with Gasteiger partial charge in [0.2, 0.25) is 5.91 Å². The van der Waals surface area contributed by atoms with Crippen molar-refractivity contribution in [3.05, 3.63) is 53.3 Å². The maximum absolute atomic E-state index is 12.8. The number of fused-ring (bicyclic) bond motifs is 2. The topological polar surface area (TPSA) is 70.1 Å². The van der Waals surface area contributed by atoms with E-state index in [1.165, 1.54) is 5.56 Å². The summed E-state index contributed by atoms with van der Waals surface area (Å²) in [5.41, 5.74) is 3.16. The molecule has 0 unspecified atom stereocenters. The number of aromatic nitrogens is 1. The fraction of sp³-hybridized carbons (Fsp3) is 0.478. The Labute approximate surface area is 175 Å². The van der Waals surface area contributed by atoms with Crippen molar-refractivity contribution < 1.29 is 23.7 Å². The van der Waals surface area contributed by atoms with Gasteiger partial charge in [-0.2, -0.15) is 0 Å². The van der Waals surface area contributed by atoms with Gasteiger partial charge in [0.15, 0.2) is 0 Å². The van der Waals surface area contributed by atoms with Gasteiger partial charge in [-0.25, -0.2) is 0 Å². The molecule has 4 heterocycles. The minimum Gasteiger partial charge on any atom is -0.493 e. The lowest BCUT2D eigenvalue weighted by Gasteiger charge is -2.19. The number of hydrogen-bond acceptors (Lipinski definition) is 6. The smallest absolute Gasteiger partial charge is 0.227 e. The summed E-state index contributed by atoms with van der Waals surface area (Å²) in [5.74, 6) is 1.75. The molecular weight excluding hydrogens is 384 g/mol. The number of carbonyl (C=O) groups is 1. The summed E-state index contributed by atoms with van der Waals surface area (Å²) in [5, 5.41) is 0. The summed E-state index contributed by atoms with van der Waals surface area (Å²) in [4.78, 5) is 18.9. The number of hydrogen-bond donors (Lipinski definition) is 0. The first-order valence-corrected chi connectivity index (χ1v) is 10.5. The monoisotopic (exact) mass is 410 g/mol. The molecule has 3 aliphatic heterocycles. The van der Waals surface area contributed by atoms with Gasteiger partial charge in [0.05, 0.1) is 32.4 Å². The minimum absolute atomic E-state index is 0.104. The number of ether oxygens (including phenoxy) is 4. The maximum atomic E-state index is 12.8. The van der Waals surface area contributed by atoms with E-state index < -0.39 is 0 Å². The van der Waals surface area contributed by atoms with E-state index in [0.717, 1.165) is 30.0 Å². The number of pyridine rings is 1. The van der Waals surface area contributed by atoms with Crippen LogP contribution in [-0.4, -0.2) is 67.0 Å². The molecule has 2 fully saturated rings. The van der Waals surface area contributed by atoms with Crippen LogP contribution in [-0.2, 0) is 27.1 Å². The van der Waals surface area contributed by atoms with E-state index >= 15 is 0 Å². The first-order valence-electron chi connectivity index (χ1n) is 10.5. The normalized spacial score (nSPS) is 23.4. The molecule has 158 valence electrons. The number of carbonyl (C=O) groups excluding carboxylic acids is 1. The van der Waals surface area contributed by atoms with Crippen molar-refractivity contribution in [1.82, 2.24) is 9.88 Å². The molecule has 0 saturated carbocycles. The quantitative estimate of drug-likeness (QED) is 0.767. The maximum Gasteiger partial charge on any atom is 0.227 e. The highest BCUT2D eigenvalue weighted by atomic mass is 16.6. The van der Waals surface area contributed by atoms with Crippen LogP contribution in [0.1, 0.15) is 16.8 Å². The molecule has 1 aromatic heterocycles. The van der Waals surface area contributed by atoms with E-state index in [-0.39, 0.29) is 24.2 Å². The average Bonchev–Trinajstić information content (AvgIpc) is 3.34. The number of likely N-dealkylation sites (tertiary alicyclic amines) is 1. The molecule has 1 amide bonds. The molecule has 0 N–H and O–H groups in total. The molecule has 2 aromatic rings. The molecule has 2 atom stereocenters. The second-order valence-corrected chi connectivity index (χ2v) is 8.13. The van der Waals surface area contributed by atoms with Crippen LogP contribution in [0.5, 0.6) is 11.5 Å². The van der Waals surface area contributed by atoms with Crippen molar-refractivity contribution in [2.45, 2.75) is 38.1 Å². The van der Waals surface area contributed by atoms with Gasteiger partial charge in [-0.1, -0.05) is 12.1 Å². The molecular formula is C23H26N2O5. The zero-order valence-corrected chi connectivity index (χ0v) is 17.1. The largest absolute Gasteiger partial charge is 0.493 e. The van der Waals surface area contributed by atoms with Crippen LogP contribution in [0.25, 0.3) is 0 Å². The van der Waals surface area contributed by atoms with Crippen molar-refractivity contribution in [3.63, 3.8) is 0 Å². The van der Waals surface area contributed by atoms with Crippen molar-refractivity contribution >= 4 is 5.91 Å². The number of nitrogens with zero attached hydrogens (tertiary/aromatic N) is 2. The van der Waals surface area contributed by atoms with Crippen LogP contribution in [0.15, 0.2) is 36.5 Å². The first-order chi connectivity index (χ1) is 14.6. The molecule has 0 bridgehead atoms. The molecule has 30 heavy (non-hydrogen) atoms. The van der Waals surface area contributed by atoms with E-state index in [0.29, 0.717) is 38.5 Å². The lowest BCUT2D eigenvalue weighted by molar-refractivity contribution is -0.130. The SMILES string of the molecule is Cc1ccc(OC2CO[C@H]3CN(C(=O)Cc4ccc5c(c4)CCO5)C[C@@H]3OC2)cn1. The zero-order chi connectivity index (χ0) is 20.5. The Balaban J connectivity index is 1.14. The van der Waals surface area contributed by atoms with Gasteiger partial charge in [0.1, 0.15) is 29.8 Å². The summed E-state index contributed by atoms with van der Waals surface area (Å²) < 4.78 is 23.6. The molecule has 1 aromatic carbocycles. The molecule has 7 nitrogen and oxygen atoms in total. The van der Waals surface area contributed by atoms with Crippen LogP contribution in [0.3, 0.4) is 0 Å². The Bertz CT molecular complexity index is 900. The standard InChI is InChI=1S/C23H26N2O5/c1-15-2-4-18(10-24-15)30-19-13-28-21-11-25(12-22(21)29-14-19)23(26)9-16-3-5-20-17(8-16)6-7-27-20/h2-5,8,10,19,21-22H,6-7,9,11-14H2,1H3/t21-,22-/m0/s1. The average molecular weight is 410 g/mol. The van der Waals surface area contributed by atoms with Crippen molar-refractivity contribution in [3.8, 4) is 11.5 Å². The van der Waals surface area contributed by atoms with E-state index in [9.17, 15) is 4.79 Å². The highest BCUT2D eigenvalue weighted by molar-refractivity contribution is 5.79. The summed E-state index contributed by atoms with van der Waals surface area (Å²) in [6.07, 6.45) is 2.59. The highest BCUT2D eigenvalue weighted by Gasteiger charge is 2.39. The molecule has 0 spiro atoms. The Morgan fingerprint density at radius 2 is 1.97 bits per heavy atom. The van der Waals surface area contributed by atoms with Crippen LogP contribution in [0, 0.1) is 6.92 Å². The Morgan fingerprint density at radius 3 is 2.70 bits per heavy atom. The van der Waals surface area contributed by atoms with Crippen molar-refractivity contribution in [2.24, 2.45) is 0 Å². The van der Waals surface area contributed by atoms with Gasteiger partial charge in [-0.15, -0.1) is 0 Å². The van der Waals surface area contributed by atoms with Gasteiger partial charge < -0.3 is 23.8 Å². The molecule has 0 aliphatic carbocycles. The molecule has 2 saturated heterocycles. The minimum atomic E-state index is -0.183. The Morgan fingerprint density at radius 1 is 1.17 bits per heavy atom. The number of amides is 1. The van der Waals surface area contributed by atoms with Gasteiger partial charge >= 0.3 is 0 Å². The number of aryl methyl sites for hydroxylation is 1. The van der Waals surface area contributed by atoms with E-state index in [4.69, 9.17) is 18.9 Å². The van der Waals surface area contributed by atoms with Crippen LogP contribution >= 0.6 is 0 Å². The summed E-state index contributed by atoms with van der Waals surface area (Å²) in [6, 6.07) is 9.85. The molecule has 5 rings (SSSR count). The summed E-state index contributed by atoms with van der Waals surface area (Å²) >= 11 is 0. The number of rotatable bonds is 4. The van der Waals surface area contributed by atoms with Gasteiger partial charge in [-0.05, 0) is 36.2 Å². The third-order valence-electron chi connectivity index (χ3n) is 5.86. The predicted octanol–water partition coefficient (Wildman–Crippen LogP) is 1.94. The van der Waals surface area contributed by atoms with Gasteiger partial charge in [0.25, 0.3) is 0 Å². The van der Waals surface area contributed by atoms with Gasteiger partial charge in [0, 0.05) is 25.2 Å². The lowest BCUT2D eigenvalue weighted by atomic mass is 10.1. The fourth-order valence-corrected chi connectivity index (χ4v) is 4.20.